The monoisotopic (exact) mass is 420 g/mol. The summed E-state index contributed by atoms with van der Waals surface area (Å²) in [5, 5.41) is 5.75. The normalized spacial score (nSPS) is 11.2. The molecule has 0 aliphatic carbocycles. The van der Waals surface area contributed by atoms with Crippen LogP contribution in [0.3, 0.4) is 0 Å². The van der Waals surface area contributed by atoms with Crippen LogP contribution in [0.5, 0.6) is 5.75 Å². The van der Waals surface area contributed by atoms with Crippen LogP contribution in [0.15, 0.2) is 43.0 Å². The van der Waals surface area contributed by atoms with Gasteiger partial charge in [0.05, 0.1) is 5.69 Å². The number of hydrogen-bond donors (Lipinski definition) is 2. The number of carbonyl (C=O) groups is 1. The fourth-order valence-electron chi connectivity index (χ4n) is 2.58. The molecule has 1 amide bonds. The second-order valence-electron chi connectivity index (χ2n) is 6.30. The van der Waals surface area contributed by atoms with Gasteiger partial charge in [-0.1, -0.05) is 0 Å². The Hall–Kier alpha value is -3.63. The summed E-state index contributed by atoms with van der Waals surface area (Å²) < 4.78 is 42.1. The van der Waals surface area contributed by atoms with E-state index in [1.807, 2.05) is 18.4 Å². The summed E-state index contributed by atoms with van der Waals surface area (Å²) in [6.45, 7) is 4.52. The van der Waals surface area contributed by atoms with E-state index in [2.05, 4.69) is 30.3 Å². The van der Waals surface area contributed by atoms with Gasteiger partial charge in [-0.3, -0.25) is 9.36 Å². The zero-order valence-corrected chi connectivity index (χ0v) is 16.2. The van der Waals surface area contributed by atoms with Crippen molar-refractivity contribution in [2.45, 2.75) is 20.2 Å². The van der Waals surface area contributed by atoms with Crippen LogP contribution < -0.4 is 15.4 Å². The van der Waals surface area contributed by atoms with Crippen LogP contribution in [0.2, 0.25) is 0 Å². The molecule has 2 aromatic heterocycles. The lowest BCUT2D eigenvalue weighted by molar-refractivity contribution is -0.274. The number of hydrogen-bond acceptors (Lipinski definition) is 6. The molecule has 0 spiro atoms. The number of anilines is 1. The molecule has 1 aromatic carbocycles. The summed E-state index contributed by atoms with van der Waals surface area (Å²) in [6.07, 6.45) is -1.66. The molecule has 0 saturated heterocycles. The number of carbonyl (C=O) groups excluding carboxylic acids is 1. The molecular weight excluding hydrogens is 401 g/mol. The van der Waals surface area contributed by atoms with Gasteiger partial charge in [-0.15, -0.1) is 13.2 Å². The van der Waals surface area contributed by atoms with Gasteiger partial charge in [-0.2, -0.15) is 0 Å². The largest absolute Gasteiger partial charge is 0.573 e. The average molecular weight is 420 g/mol. The van der Waals surface area contributed by atoms with Crippen molar-refractivity contribution >= 4 is 11.7 Å². The van der Waals surface area contributed by atoms with Gasteiger partial charge in [-0.25, -0.2) is 15.0 Å². The maximum atomic E-state index is 12.2. The summed E-state index contributed by atoms with van der Waals surface area (Å²) in [7, 11) is 0. The zero-order valence-electron chi connectivity index (χ0n) is 16.2. The molecule has 2 heterocycles. The maximum Gasteiger partial charge on any atom is 0.573 e. The molecule has 0 unspecified atom stereocenters. The number of ether oxygens (including phenoxy) is 1. The third-order valence-electron chi connectivity index (χ3n) is 4.22. The number of imidazole rings is 1. The van der Waals surface area contributed by atoms with Crippen LogP contribution in [0.4, 0.5) is 19.0 Å². The Kier molecular flexibility index (Phi) is 6.19. The minimum Gasteiger partial charge on any atom is -0.406 e. The highest BCUT2D eigenvalue weighted by atomic mass is 19.4. The number of amides is 1. The third kappa shape index (κ3) is 5.46. The first-order valence-electron chi connectivity index (χ1n) is 8.94. The fraction of sp³-hybridized carbons (Fsp3) is 0.263. The maximum absolute atomic E-state index is 12.2. The van der Waals surface area contributed by atoms with Gasteiger partial charge in [0.15, 0.2) is 0 Å². The number of aromatic nitrogens is 4. The van der Waals surface area contributed by atoms with E-state index >= 15 is 0 Å². The molecule has 0 bridgehead atoms. The topological polar surface area (TPSA) is 94.0 Å². The summed E-state index contributed by atoms with van der Waals surface area (Å²) in [5.41, 5.74) is 2.10. The van der Waals surface area contributed by atoms with Gasteiger partial charge in [0, 0.05) is 30.4 Å². The van der Waals surface area contributed by atoms with Gasteiger partial charge in [0.2, 0.25) is 0 Å². The van der Waals surface area contributed by atoms with E-state index in [9.17, 15) is 18.0 Å². The second-order valence-corrected chi connectivity index (χ2v) is 6.30. The Morgan fingerprint density at radius 1 is 1.10 bits per heavy atom. The highest BCUT2D eigenvalue weighted by Gasteiger charge is 2.31. The Bertz CT molecular complexity index is 1020. The van der Waals surface area contributed by atoms with Crippen molar-refractivity contribution in [2.75, 3.05) is 18.4 Å². The SMILES string of the molecule is Cc1ncn(-c2cc(NCCNC(=O)c3ccc(OC(F)(F)F)cc3)ncn2)c1C. The van der Waals surface area contributed by atoms with Gasteiger partial charge in [0.1, 0.15) is 30.0 Å². The quantitative estimate of drug-likeness (QED) is 0.571. The highest BCUT2D eigenvalue weighted by Crippen LogP contribution is 2.22. The molecule has 0 aliphatic heterocycles. The van der Waals surface area contributed by atoms with E-state index < -0.39 is 12.3 Å². The zero-order chi connectivity index (χ0) is 21.7. The van der Waals surface area contributed by atoms with Crippen molar-refractivity contribution in [3.63, 3.8) is 0 Å². The lowest BCUT2D eigenvalue weighted by atomic mass is 10.2. The summed E-state index contributed by atoms with van der Waals surface area (Å²) >= 11 is 0. The van der Waals surface area contributed by atoms with Crippen molar-refractivity contribution in [3.8, 4) is 11.6 Å². The molecule has 3 aromatic rings. The Morgan fingerprint density at radius 2 is 1.83 bits per heavy atom. The molecule has 0 aliphatic rings. The summed E-state index contributed by atoms with van der Waals surface area (Å²) in [6, 6.07) is 6.45. The Morgan fingerprint density at radius 3 is 2.47 bits per heavy atom. The number of benzene rings is 1. The van der Waals surface area contributed by atoms with E-state index in [1.54, 1.807) is 12.4 Å². The molecule has 8 nitrogen and oxygen atoms in total. The number of rotatable bonds is 7. The van der Waals surface area contributed by atoms with Gasteiger partial charge in [-0.05, 0) is 38.1 Å². The van der Waals surface area contributed by atoms with Crippen molar-refractivity contribution in [2.24, 2.45) is 0 Å². The van der Waals surface area contributed by atoms with Crippen molar-refractivity contribution in [1.82, 2.24) is 24.8 Å². The van der Waals surface area contributed by atoms with E-state index in [0.717, 1.165) is 23.5 Å². The predicted octanol–water partition coefficient (Wildman–Crippen LogP) is 3.02. The van der Waals surface area contributed by atoms with Crippen LogP contribution in [0, 0.1) is 13.8 Å². The molecule has 0 radical (unpaired) electrons. The van der Waals surface area contributed by atoms with Crippen LogP contribution in [0.25, 0.3) is 5.82 Å². The van der Waals surface area contributed by atoms with Crippen LogP contribution >= 0.6 is 0 Å². The lowest BCUT2D eigenvalue weighted by Gasteiger charge is -2.10. The van der Waals surface area contributed by atoms with E-state index in [4.69, 9.17) is 0 Å². The summed E-state index contributed by atoms with van der Waals surface area (Å²) in [5.74, 6) is 0.441. The van der Waals surface area contributed by atoms with E-state index in [-0.39, 0.29) is 17.9 Å². The van der Waals surface area contributed by atoms with Gasteiger partial charge in [0.25, 0.3) is 5.91 Å². The van der Waals surface area contributed by atoms with Gasteiger partial charge >= 0.3 is 6.36 Å². The molecular formula is C19H19F3N6O2. The van der Waals surface area contributed by atoms with Crippen LogP contribution in [-0.2, 0) is 0 Å². The first-order chi connectivity index (χ1) is 14.2. The smallest absolute Gasteiger partial charge is 0.406 e. The first-order valence-corrected chi connectivity index (χ1v) is 8.94. The molecule has 2 N–H and O–H groups in total. The molecule has 0 saturated carbocycles. The third-order valence-corrected chi connectivity index (χ3v) is 4.22. The molecule has 0 fully saturated rings. The number of nitrogens with zero attached hydrogens (tertiary/aromatic N) is 4. The van der Waals surface area contributed by atoms with Crippen LogP contribution in [0.1, 0.15) is 21.7 Å². The van der Waals surface area contributed by atoms with Crippen molar-refractivity contribution < 1.29 is 22.7 Å². The standard InChI is InChI=1S/C19H19F3N6O2/c1-12-13(2)28(11-27-12)17-9-16(25-10-26-17)23-7-8-24-18(29)14-3-5-15(6-4-14)30-19(20,21)22/h3-6,9-11H,7-8H2,1-2H3,(H,24,29)(H,23,25,26). The van der Waals surface area contributed by atoms with Crippen LogP contribution in [-0.4, -0.2) is 44.9 Å². The predicted molar refractivity (Wildman–Crippen MR) is 103 cm³/mol. The summed E-state index contributed by atoms with van der Waals surface area (Å²) in [4.78, 5) is 24.7. The molecule has 158 valence electrons. The van der Waals surface area contributed by atoms with Gasteiger partial charge < -0.3 is 15.4 Å². The second kappa shape index (κ2) is 8.80. The highest BCUT2D eigenvalue weighted by molar-refractivity contribution is 5.94. The minimum atomic E-state index is -4.77. The number of alkyl halides is 3. The average Bonchev–Trinajstić information content (AvgIpc) is 3.03. The van der Waals surface area contributed by atoms with E-state index in [0.29, 0.717) is 18.2 Å². The number of aryl methyl sites for hydroxylation is 1. The Labute approximate surface area is 170 Å². The van der Waals surface area contributed by atoms with Crippen molar-refractivity contribution in [3.05, 3.63) is 59.9 Å². The van der Waals surface area contributed by atoms with E-state index in [1.165, 1.54) is 18.5 Å². The molecule has 3 rings (SSSR count). The Balaban J connectivity index is 1.50. The minimum absolute atomic E-state index is 0.222. The first kappa shape index (κ1) is 21.1. The molecule has 0 atom stereocenters. The lowest BCUT2D eigenvalue weighted by Crippen LogP contribution is -2.29. The number of nitrogens with one attached hydrogen (secondary N) is 2. The molecule has 30 heavy (non-hydrogen) atoms. The fourth-order valence-corrected chi connectivity index (χ4v) is 2.58. The number of halogens is 3. The van der Waals surface area contributed by atoms with Crippen molar-refractivity contribution in [1.29, 1.82) is 0 Å². The molecule has 11 heteroatoms.